The molecule has 0 radical (unpaired) electrons. The van der Waals surface area contributed by atoms with Gasteiger partial charge in [-0.2, -0.15) is 0 Å². The lowest BCUT2D eigenvalue weighted by Gasteiger charge is -2.36. The zero-order chi connectivity index (χ0) is 21.9. The van der Waals surface area contributed by atoms with Gasteiger partial charge in [0.05, 0.1) is 0 Å². The number of alkyl halides is 3. The fourth-order valence-corrected chi connectivity index (χ4v) is 4.06. The number of nitrogens with one attached hydrogen (secondary N) is 1. The summed E-state index contributed by atoms with van der Waals surface area (Å²) in [4.78, 5) is 12.6. The van der Waals surface area contributed by atoms with Gasteiger partial charge in [-0.15, -0.1) is 13.2 Å². The number of hydrogen-bond acceptors (Lipinski definition) is 2. The van der Waals surface area contributed by atoms with Crippen LogP contribution >= 0.6 is 0 Å². The van der Waals surface area contributed by atoms with E-state index in [4.69, 9.17) is 0 Å². The van der Waals surface area contributed by atoms with Crippen molar-refractivity contribution in [2.75, 3.05) is 5.32 Å². The monoisotopic (exact) mass is 419 g/mol. The third-order valence-electron chi connectivity index (χ3n) is 5.90. The lowest BCUT2D eigenvalue weighted by molar-refractivity contribution is -0.274. The average Bonchev–Trinajstić information content (AvgIpc) is 2.67. The summed E-state index contributed by atoms with van der Waals surface area (Å²) in [7, 11) is 0. The van der Waals surface area contributed by atoms with Gasteiger partial charge in [-0.25, -0.2) is 0 Å². The third kappa shape index (κ3) is 6.00. The summed E-state index contributed by atoms with van der Waals surface area (Å²) < 4.78 is 40.7. The fourth-order valence-electron chi connectivity index (χ4n) is 4.06. The van der Waals surface area contributed by atoms with Crippen molar-refractivity contribution in [1.29, 1.82) is 0 Å². The molecule has 6 heteroatoms. The van der Waals surface area contributed by atoms with Gasteiger partial charge in [0.2, 0.25) is 5.91 Å². The molecule has 30 heavy (non-hydrogen) atoms. The van der Waals surface area contributed by atoms with Gasteiger partial charge in [0.25, 0.3) is 0 Å². The lowest BCUT2D eigenvalue weighted by atomic mass is 9.69. The summed E-state index contributed by atoms with van der Waals surface area (Å²) in [6, 6.07) is 13.0. The van der Waals surface area contributed by atoms with Crippen LogP contribution in [-0.2, 0) is 4.79 Å². The number of ether oxygens (including phenoxy) is 1. The van der Waals surface area contributed by atoms with Crippen molar-refractivity contribution in [2.24, 2.45) is 17.3 Å². The lowest BCUT2D eigenvalue weighted by Crippen LogP contribution is -2.31. The van der Waals surface area contributed by atoms with E-state index in [0.29, 0.717) is 5.92 Å². The normalized spacial score (nSPS) is 19.9. The molecule has 0 unspecified atom stereocenters. The topological polar surface area (TPSA) is 38.3 Å². The van der Waals surface area contributed by atoms with E-state index in [2.05, 4.69) is 30.8 Å². The molecule has 3 nitrogen and oxygen atoms in total. The highest BCUT2D eigenvalue weighted by Crippen LogP contribution is 2.40. The summed E-state index contributed by atoms with van der Waals surface area (Å²) in [5.74, 6) is 0.512. The summed E-state index contributed by atoms with van der Waals surface area (Å²) in [6.45, 7) is 6.78. The van der Waals surface area contributed by atoms with Crippen molar-refractivity contribution in [2.45, 2.75) is 52.8 Å². The van der Waals surface area contributed by atoms with E-state index in [0.717, 1.165) is 42.5 Å². The SMILES string of the molecule is CC(C)(C)C1CCC(C(=O)Nc2ccc(-c3ccc(OC(F)(F)F)cc3)cc2)CC1. The first-order valence-electron chi connectivity index (χ1n) is 10.3. The van der Waals surface area contributed by atoms with Crippen LogP contribution in [0.25, 0.3) is 11.1 Å². The Morgan fingerprint density at radius 3 is 1.83 bits per heavy atom. The highest BCUT2D eigenvalue weighted by molar-refractivity contribution is 5.92. The Morgan fingerprint density at radius 2 is 1.37 bits per heavy atom. The second-order valence-corrected chi connectivity index (χ2v) is 9.05. The molecular formula is C24H28F3NO2. The van der Waals surface area contributed by atoms with Crippen molar-refractivity contribution in [3.8, 4) is 16.9 Å². The standard InChI is InChI=1S/C24H28F3NO2/c1-23(2,3)19-10-4-18(5-11-19)22(29)28-20-12-6-16(7-13-20)17-8-14-21(15-9-17)30-24(25,26)27/h6-9,12-15,18-19H,4-5,10-11H2,1-3H3,(H,28,29). The van der Waals surface area contributed by atoms with Crippen molar-refractivity contribution in [3.05, 3.63) is 48.5 Å². The minimum absolute atomic E-state index is 0.0458. The Bertz CT molecular complexity index is 844. The minimum atomic E-state index is -4.70. The molecule has 1 aliphatic rings. The summed E-state index contributed by atoms with van der Waals surface area (Å²) >= 11 is 0. The first-order valence-corrected chi connectivity index (χ1v) is 10.3. The van der Waals surface area contributed by atoms with E-state index in [9.17, 15) is 18.0 Å². The van der Waals surface area contributed by atoms with Crippen LogP contribution in [-0.4, -0.2) is 12.3 Å². The number of carbonyl (C=O) groups excluding carboxylic acids is 1. The predicted molar refractivity (Wildman–Crippen MR) is 112 cm³/mol. The molecule has 0 aromatic heterocycles. The Kier molecular flexibility index (Phi) is 6.44. The van der Waals surface area contributed by atoms with Gasteiger partial charge in [0.1, 0.15) is 5.75 Å². The number of halogens is 3. The number of anilines is 1. The van der Waals surface area contributed by atoms with Crippen molar-refractivity contribution in [3.63, 3.8) is 0 Å². The van der Waals surface area contributed by atoms with Crippen molar-refractivity contribution in [1.82, 2.24) is 0 Å². The summed E-state index contributed by atoms with van der Waals surface area (Å²) in [5.41, 5.74) is 2.62. The molecule has 1 saturated carbocycles. The zero-order valence-corrected chi connectivity index (χ0v) is 17.6. The van der Waals surface area contributed by atoms with Crippen molar-refractivity contribution < 1.29 is 22.7 Å². The molecule has 1 amide bonds. The molecule has 0 atom stereocenters. The predicted octanol–water partition coefficient (Wildman–Crippen LogP) is 7.04. The van der Waals surface area contributed by atoms with Gasteiger partial charge >= 0.3 is 6.36 Å². The van der Waals surface area contributed by atoms with Crippen LogP contribution in [0.2, 0.25) is 0 Å². The highest BCUT2D eigenvalue weighted by atomic mass is 19.4. The van der Waals surface area contributed by atoms with Gasteiger partial charge in [-0.1, -0.05) is 45.0 Å². The minimum Gasteiger partial charge on any atom is -0.406 e. The summed E-state index contributed by atoms with van der Waals surface area (Å²) in [5, 5.41) is 2.99. The van der Waals surface area contributed by atoms with Gasteiger partial charge in [0, 0.05) is 11.6 Å². The van der Waals surface area contributed by atoms with Crippen LogP contribution in [0, 0.1) is 17.3 Å². The molecule has 3 rings (SSSR count). The quantitative estimate of drug-likeness (QED) is 0.577. The number of hydrogen-bond donors (Lipinski definition) is 1. The van der Waals surface area contributed by atoms with Crippen LogP contribution in [0.1, 0.15) is 46.5 Å². The molecule has 2 aromatic rings. The van der Waals surface area contributed by atoms with E-state index in [1.807, 2.05) is 24.3 Å². The van der Waals surface area contributed by atoms with E-state index < -0.39 is 6.36 Å². The van der Waals surface area contributed by atoms with E-state index in [-0.39, 0.29) is 23.0 Å². The van der Waals surface area contributed by atoms with Gasteiger partial charge < -0.3 is 10.1 Å². The van der Waals surface area contributed by atoms with Crippen LogP contribution in [0.4, 0.5) is 18.9 Å². The van der Waals surface area contributed by atoms with Gasteiger partial charge in [-0.3, -0.25) is 4.79 Å². The average molecular weight is 419 g/mol. The Balaban J connectivity index is 1.56. The Morgan fingerprint density at radius 1 is 0.867 bits per heavy atom. The number of rotatable bonds is 4. The van der Waals surface area contributed by atoms with Crippen LogP contribution < -0.4 is 10.1 Å². The first kappa shape index (κ1) is 22.2. The smallest absolute Gasteiger partial charge is 0.406 e. The molecule has 2 aromatic carbocycles. The van der Waals surface area contributed by atoms with E-state index >= 15 is 0 Å². The van der Waals surface area contributed by atoms with E-state index in [1.54, 1.807) is 12.1 Å². The van der Waals surface area contributed by atoms with Crippen LogP contribution in [0.5, 0.6) is 5.75 Å². The maximum absolute atomic E-state index is 12.6. The maximum atomic E-state index is 12.6. The molecule has 0 heterocycles. The largest absolute Gasteiger partial charge is 0.573 e. The Labute approximate surface area is 175 Å². The molecule has 0 saturated heterocycles. The highest BCUT2D eigenvalue weighted by Gasteiger charge is 2.32. The van der Waals surface area contributed by atoms with Crippen LogP contribution in [0.15, 0.2) is 48.5 Å². The molecular weight excluding hydrogens is 391 g/mol. The number of benzene rings is 2. The van der Waals surface area contributed by atoms with Crippen molar-refractivity contribution >= 4 is 11.6 Å². The second-order valence-electron chi connectivity index (χ2n) is 9.05. The molecule has 0 spiro atoms. The Hall–Kier alpha value is -2.50. The van der Waals surface area contributed by atoms with Crippen LogP contribution in [0.3, 0.4) is 0 Å². The van der Waals surface area contributed by atoms with E-state index in [1.165, 1.54) is 12.1 Å². The maximum Gasteiger partial charge on any atom is 0.573 e. The third-order valence-corrected chi connectivity index (χ3v) is 5.90. The second kappa shape index (κ2) is 8.70. The first-order chi connectivity index (χ1) is 14.0. The number of carbonyl (C=O) groups is 1. The molecule has 1 aliphatic carbocycles. The molecule has 0 bridgehead atoms. The zero-order valence-electron chi connectivity index (χ0n) is 17.6. The number of amides is 1. The van der Waals surface area contributed by atoms with Gasteiger partial charge in [0.15, 0.2) is 0 Å². The molecule has 1 N–H and O–H groups in total. The molecule has 0 aliphatic heterocycles. The summed E-state index contributed by atoms with van der Waals surface area (Å²) in [6.07, 6.45) is -0.715. The fraction of sp³-hybridized carbons (Fsp3) is 0.458. The van der Waals surface area contributed by atoms with Gasteiger partial charge in [-0.05, 0) is 72.4 Å². The molecule has 162 valence electrons. The molecule has 1 fully saturated rings.